The van der Waals surface area contributed by atoms with E-state index in [9.17, 15) is 9.59 Å². The van der Waals surface area contributed by atoms with Crippen LogP contribution in [-0.2, 0) is 11.3 Å². The minimum Gasteiger partial charge on any atom is -0.382 e. The van der Waals surface area contributed by atoms with E-state index in [0.717, 1.165) is 0 Å². The highest BCUT2D eigenvalue weighted by Crippen LogP contribution is 1.99. The first-order chi connectivity index (χ1) is 8.54. The number of nitrogens with two attached hydrogens (primary N) is 1. The molecule has 1 heterocycles. The molecule has 0 aliphatic heterocycles. The average molecular weight is 253 g/mol. The third kappa shape index (κ3) is 4.17. The van der Waals surface area contributed by atoms with Crippen molar-refractivity contribution in [3.63, 3.8) is 0 Å². The summed E-state index contributed by atoms with van der Waals surface area (Å²) in [6.07, 6.45) is 1.81. The maximum Gasteiger partial charge on any atom is 0.268 e. The quantitative estimate of drug-likeness (QED) is 0.685. The van der Waals surface area contributed by atoms with Crippen LogP contribution in [0.25, 0.3) is 0 Å². The first-order valence-corrected chi connectivity index (χ1v) is 5.76. The number of carbonyl (C=O) groups excluding carboxylic acids is 1. The van der Waals surface area contributed by atoms with Gasteiger partial charge in [-0.25, -0.2) is 4.68 Å². The van der Waals surface area contributed by atoms with E-state index in [1.165, 1.54) is 15.6 Å². The van der Waals surface area contributed by atoms with Crippen molar-refractivity contribution in [2.45, 2.75) is 13.0 Å². The van der Waals surface area contributed by atoms with Crippen LogP contribution in [0.2, 0.25) is 0 Å². The summed E-state index contributed by atoms with van der Waals surface area (Å²) in [5.41, 5.74) is 5.75. The molecule has 1 aromatic rings. The van der Waals surface area contributed by atoms with E-state index in [1.807, 2.05) is 0 Å². The molecular weight excluding hydrogens is 234 g/mol. The number of carbonyl (C=O) groups is 1. The summed E-state index contributed by atoms with van der Waals surface area (Å²) in [5, 5.41) is 6.96. The molecule has 1 aromatic heterocycles. The smallest absolute Gasteiger partial charge is 0.268 e. The van der Waals surface area contributed by atoms with E-state index < -0.39 is 0 Å². The molecule has 0 aliphatic rings. The largest absolute Gasteiger partial charge is 0.382 e. The Bertz CT molecular complexity index is 455. The van der Waals surface area contributed by atoms with Crippen LogP contribution >= 0.6 is 0 Å². The summed E-state index contributed by atoms with van der Waals surface area (Å²) in [6.45, 7) is 1.36. The molecule has 0 radical (unpaired) electrons. The van der Waals surface area contributed by atoms with Crippen molar-refractivity contribution in [2.24, 2.45) is 5.73 Å². The highest BCUT2D eigenvalue weighted by molar-refractivity contribution is 5.75. The SMILES string of the molecule is CN(C)C(=O)CCn1ncc(NCCN)cc1=O. The number of anilines is 1. The van der Waals surface area contributed by atoms with Gasteiger partial charge in [0.1, 0.15) is 0 Å². The van der Waals surface area contributed by atoms with Crippen LogP contribution in [0.5, 0.6) is 0 Å². The van der Waals surface area contributed by atoms with Crippen molar-refractivity contribution in [1.29, 1.82) is 0 Å². The van der Waals surface area contributed by atoms with Gasteiger partial charge in [0.25, 0.3) is 5.56 Å². The van der Waals surface area contributed by atoms with E-state index in [1.54, 1.807) is 20.3 Å². The van der Waals surface area contributed by atoms with Gasteiger partial charge in [-0.1, -0.05) is 0 Å². The maximum atomic E-state index is 11.7. The van der Waals surface area contributed by atoms with E-state index in [0.29, 0.717) is 18.8 Å². The Morgan fingerprint density at radius 2 is 2.28 bits per heavy atom. The number of hydrogen-bond acceptors (Lipinski definition) is 5. The normalized spacial score (nSPS) is 10.2. The van der Waals surface area contributed by atoms with Gasteiger partial charge >= 0.3 is 0 Å². The second-order valence-corrected chi connectivity index (χ2v) is 4.06. The van der Waals surface area contributed by atoms with Gasteiger partial charge in [0.2, 0.25) is 5.91 Å². The number of aryl methyl sites for hydroxylation is 1. The molecule has 7 nitrogen and oxygen atoms in total. The summed E-state index contributed by atoms with van der Waals surface area (Å²) in [5.74, 6) is -0.0333. The van der Waals surface area contributed by atoms with Crippen LogP contribution in [0.1, 0.15) is 6.42 Å². The van der Waals surface area contributed by atoms with Gasteiger partial charge in [0.15, 0.2) is 0 Å². The van der Waals surface area contributed by atoms with Crippen LogP contribution in [0.4, 0.5) is 5.69 Å². The van der Waals surface area contributed by atoms with E-state index in [2.05, 4.69) is 10.4 Å². The number of amides is 1. The van der Waals surface area contributed by atoms with E-state index in [-0.39, 0.29) is 24.4 Å². The van der Waals surface area contributed by atoms with Gasteiger partial charge in [-0.05, 0) is 0 Å². The lowest BCUT2D eigenvalue weighted by molar-refractivity contribution is -0.128. The number of rotatable bonds is 6. The average Bonchev–Trinajstić information content (AvgIpc) is 2.34. The van der Waals surface area contributed by atoms with Gasteiger partial charge in [0.05, 0.1) is 18.4 Å². The molecule has 0 saturated heterocycles. The Hall–Kier alpha value is -1.89. The lowest BCUT2D eigenvalue weighted by Crippen LogP contribution is -2.28. The molecule has 0 spiro atoms. The molecule has 3 N–H and O–H groups in total. The second kappa shape index (κ2) is 6.75. The van der Waals surface area contributed by atoms with E-state index in [4.69, 9.17) is 5.73 Å². The fourth-order valence-corrected chi connectivity index (χ4v) is 1.34. The molecule has 0 saturated carbocycles. The van der Waals surface area contributed by atoms with Crippen molar-refractivity contribution < 1.29 is 4.79 Å². The third-order valence-electron chi connectivity index (χ3n) is 2.38. The zero-order valence-electron chi connectivity index (χ0n) is 10.7. The van der Waals surface area contributed by atoms with Crippen molar-refractivity contribution >= 4 is 11.6 Å². The highest BCUT2D eigenvalue weighted by atomic mass is 16.2. The van der Waals surface area contributed by atoms with Crippen molar-refractivity contribution in [3.05, 3.63) is 22.6 Å². The Labute approximate surface area is 106 Å². The molecule has 0 aromatic carbocycles. The Balaban J connectivity index is 2.63. The van der Waals surface area contributed by atoms with Crippen molar-refractivity contribution in [3.8, 4) is 0 Å². The topological polar surface area (TPSA) is 93.2 Å². The lowest BCUT2D eigenvalue weighted by Gasteiger charge is -2.10. The summed E-state index contributed by atoms with van der Waals surface area (Å²) in [4.78, 5) is 24.6. The predicted molar refractivity (Wildman–Crippen MR) is 69.4 cm³/mol. The molecule has 0 fully saturated rings. The molecule has 0 aliphatic carbocycles. The molecule has 100 valence electrons. The van der Waals surface area contributed by atoms with Crippen molar-refractivity contribution in [1.82, 2.24) is 14.7 Å². The standard InChI is InChI=1S/C11H19N5O2/c1-15(2)10(17)3-6-16-11(18)7-9(8-14-16)13-5-4-12/h7-8,13H,3-6,12H2,1-2H3. The lowest BCUT2D eigenvalue weighted by atomic mass is 10.3. The van der Waals surface area contributed by atoms with Crippen LogP contribution < -0.4 is 16.6 Å². The van der Waals surface area contributed by atoms with Crippen molar-refractivity contribution in [2.75, 3.05) is 32.5 Å². The zero-order valence-corrected chi connectivity index (χ0v) is 10.7. The first kappa shape index (κ1) is 14.2. The van der Waals surface area contributed by atoms with Crippen LogP contribution in [0.3, 0.4) is 0 Å². The van der Waals surface area contributed by atoms with Crippen LogP contribution in [-0.4, -0.2) is 47.8 Å². The van der Waals surface area contributed by atoms with Crippen LogP contribution in [0.15, 0.2) is 17.1 Å². The van der Waals surface area contributed by atoms with Gasteiger partial charge in [-0.15, -0.1) is 0 Å². The summed E-state index contributed by atoms with van der Waals surface area (Å²) < 4.78 is 1.27. The molecule has 7 heteroatoms. The summed E-state index contributed by atoms with van der Waals surface area (Å²) >= 11 is 0. The predicted octanol–water partition coefficient (Wildman–Crippen LogP) is -0.908. The fraction of sp³-hybridized carbons (Fsp3) is 0.545. The number of nitrogens with one attached hydrogen (secondary N) is 1. The third-order valence-corrected chi connectivity index (χ3v) is 2.38. The molecule has 1 rings (SSSR count). The summed E-state index contributed by atoms with van der Waals surface area (Å²) in [7, 11) is 3.36. The second-order valence-electron chi connectivity index (χ2n) is 4.06. The number of hydrogen-bond donors (Lipinski definition) is 2. The minimum atomic E-state index is -0.233. The zero-order chi connectivity index (χ0) is 13.5. The van der Waals surface area contributed by atoms with Gasteiger partial charge in [-0.3, -0.25) is 9.59 Å². The maximum absolute atomic E-state index is 11.7. The van der Waals surface area contributed by atoms with E-state index >= 15 is 0 Å². The Morgan fingerprint density at radius 1 is 1.56 bits per heavy atom. The molecule has 0 bridgehead atoms. The first-order valence-electron chi connectivity index (χ1n) is 5.76. The Morgan fingerprint density at radius 3 is 2.83 bits per heavy atom. The molecule has 0 unspecified atom stereocenters. The van der Waals surface area contributed by atoms with Crippen LogP contribution in [0, 0.1) is 0 Å². The number of nitrogens with zero attached hydrogens (tertiary/aromatic N) is 3. The fourth-order valence-electron chi connectivity index (χ4n) is 1.34. The highest BCUT2D eigenvalue weighted by Gasteiger charge is 2.06. The summed E-state index contributed by atoms with van der Waals surface area (Å²) in [6, 6.07) is 1.45. The monoisotopic (exact) mass is 253 g/mol. The molecule has 18 heavy (non-hydrogen) atoms. The number of aromatic nitrogens is 2. The van der Waals surface area contributed by atoms with Gasteiger partial charge < -0.3 is 16.0 Å². The molecule has 1 amide bonds. The molecule has 0 atom stereocenters. The minimum absolute atomic E-state index is 0.0333. The Kier molecular flexibility index (Phi) is 5.31. The molecular formula is C11H19N5O2. The van der Waals surface area contributed by atoms with Gasteiger partial charge in [-0.2, -0.15) is 5.10 Å². The van der Waals surface area contributed by atoms with Gasteiger partial charge in [0, 0.05) is 39.7 Å².